The zero-order chi connectivity index (χ0) is 20.7. The van der Waals surface area contributed by atoms with Gasteiger partial charge in [0, 0.05) is 11.5 Å². The van der Waals surface area contributed by atoms with Crippen LogP contribution in [0.5, 0.6) is 11.5 Å². The fourth-order valence-electron chi connectivity index (χ4n) is 5.04. The van der Waals surface area contributed by atoms with Gasteiger partial charge in [-0.15, -0.1) is 0 Å². The molecule has 154 valence electrons. The Hall–Kier alpha value is -3.08. The highest BCUT2D eigenvalue weighted by Crippen LogP contribution is 2.39. The third-order valence-electron chi connectivity index (χ3n) is 6.60. The smallest absolute Gasteiger partial charge is 0.247 e. The van der Waals surface area contributed by atoms with Gasteiger partial charge in [-0.2, -0.15) is 5.10 Å². The summed E-state index contributed by atoms with van der Waals surface area (Å²) >= 11 is 0. The molecule has 2 aromatic carbocycles. The summed E-state index contributed by atoms with van der Waals surface area (Å²) in [5.41, 5.74) is 4.61. The Morgan fingerprint density at radius 1 is 0.900 bits per heavy atom. The number of carbonyl (C=O) groups is 1. The normalized spacial score (nSPS) is 23.1. The van der Waals surface area contributed by atoms with Crippen LogP contribution in [-0.4, -0.2) is 36.9 Å². The Morgan fingerprint density at radius 3 is 2.23 bits per heavy atom. The van der Waals surface area contributed by atoms with Gasteiger partial charge in [0.25, 0.3) is 0 Å². The van der Waals surface area contributed by atoms with Gasteiger partial charge in [0.05, 0.1) is 31.9 Å². The minimum atomic E-state index is -0.0562. The Labute approximate surface area is 177 Å². The molecule has 0 saturated heterocycles. The van der Waals surface area contributed by atoms with E-state index in [4.69, 9.17) is 14.6 Å². The summed E-state index contributed by atoms with van der Waals surface area (Å²) in [6.45, 7) is 0. The molecule has 0 radical (unpaired) electrons. The van der Waals surface area contributed by atoms with Crippen molar-refractivity contribution in [1.82, 2.24) is 5.01 Å². The van der Waals surface area contributed by atoms with Crippen LogP contribution in [0.2, 0.25) is 0 Å². The SMILES string of the molecule is COc1ccc(C2=NN(C3Cc4ccccc4C3)C(=O)[C@H]3CC=CC[C@@H]23)cc1OC. The molecule has 0 saturated carbocycles. The number of rotatable bonds is 4. The lowest BCUT2D eigenvalue weighted by molar-refractivity contribution is -0.140. The minimum absolute atomic E-state index is 0.0562. The molecule has 0 spiro atoms. The van der Waals surface area contributed by atoms with Gasteiger partial charge in [0.15, 0.2) is 11.5 Å². The van der Waals surface area contributed by atoms with Crippen LogP contribution in [0, 0.1) is 11.8 Å². The van der Waals surface area contributed by atoms with Crippen molar-refractivity contribution in [2.24, 2.45) is 16.9 Å². The summed E-state index contributed by atoms with van der Waals surface area (Å²) in [4.78, 5) is 13.4. The zero-order valence-corrected chi connectivity index (χ0v) is 17.4. The second-order valence-corrected chi connectivity index (χ2v) is 8.22. The fraction of sp³-hybridized carbons (Fsp3) is 0.360. The lowest BCUT2D eigenvalue weighted by Crippen LogP contribution is -2.49. The largest absolute Gasteiger partial charge is 0.493 e. The number of amides is 1. The number of allylic oxidation sites excluding steroid dienone is 2. The topological polar surface area (TPSA) is 51.1 Å². The van der Waals surface area contributed by atoms with Gasteiger partial charge >= 0.3 is 0 Å². The van der Waals surface area contributed by atoms with Gasteiger partial charge in [-0.05, 0) is 55.0 Å². The molecule has 3 aliphatic rings. The van der Waals surface area contributed by atoms with Crippen molar-refractivity contribution in [3.05, 3.63) is 71.3 Å². The first kappa shape index (κ1) is 18.9. The first-order valence-electron chi connectivity index (χ1n) is 10.6. The van der Waals surface area contributed by atoms with E-state index in [1.807, 2.05) is 18.2 Å². The van der Waals surface area contributed by atoms with Crippen LogP contribution in [0.3, 0.4) is 0 Å². The molecule has 0 aromatic heterocycles. The molecule has 1 heterocycles. The highest BCUT2D eigenvalue weighted by atomic mass is 16.5. The average Bonchev–Trinajstić information content (AvgIpc) is 3.23. The summed E-state index contributed by atoms with van der Waals surface area (Å²) in [6, 6.07) is 14.5. The van der Waals surface area contributed by atoms with E-state index in [1.165, 1.54) is 11.1 Å². The second-order valence-electron chi connectivity index (χ2n) is 8.22. The van der Waals surface area contributed by atoms with Gasteiger partial charge in [0.1, 0.15) is 0 Å². The Bertz CT molecular complexity index is 1020. The summed E-state index contributed by atoms with van der Waals surface area (Å²) in [5.74, 6) is 1.57. The molecule has 5 heteroatoms. The van der Waals surface area contributed by atoms with Crippen molar-refractivity contribution in [2.75, 3.05) is 14.2 Å². The highest BCUT2D eigenvalue weighted by Gasteiger charge is 2.43. The summed E-state index contributed by atoms with van der Waals surface area (Å²) < 4.78 is 10.9. The molecule has 0 N–H and O–H groups in total. The molecule has 1 aliphatic heterocycles. The number of ether oxygens (including phenoxy) is 2. The van der Waals surface area contributed by atoms with Crippen molar-refractivity contribution in [1.29, 1.82) is 0 Å². The molecule has 1 amide bonds. The van der Waals surface area contributed by atoms with Crippen LogP contribution < -0.4 is 9.47 Å². The van der Waals surface area contributed by atoms with Gasteiger partial charge < -0.3 is 9.47 Å². The van der Waals surface area contributed by atoms with Crippen molar-refractivity contribution in [3.63, 3.8) is 0 Å². The third kappa shape index (κ3) is 3.09. The zero-order valence-electron chi connectivity index (χ0n) is 17.4. The van der Waals surface area contributed by atoms with Crippen LogP contribution in [0.15, 0.2) is 59.7 Å². The second kappa shape index (κ2) is 7.63. The standard InChI is InChI=1S/C25H26N2O3/c1-29-22-12-11-18(15-23(22)30-2)24-20-9-5-6-10-21(20)25(28)27(26-24)19-13-16-7-3-4-8-17(16)14-19/h3-8,11-12,15,19-21H,9-10,13-14H2,1-2H3/t20-,21+/m1/s1. The highest BCUT2D eigenvalue weighted by molar-refractivity contribution is 6.07. The Kier molecular flexibility index (Phi) is 4.81. The molecule has 5 rings (SSSR count). The molecule has 2 aromatic rings. The van der Waals surface area contributed by atoms with Crippen molar-refractivity contribution in [2.45, 2.75) is 31.7 Å². The number of hydrazone groups is 1. The number of carbonyl (C=O) groups excluding carboxylic acids is 1. The molecule has 2 aliphatic carbocycles. The minimum Gasteiger partial charge on any atom is -0.493 e. The van der Waals surface area contributed by atoms with E-state index < -0.39 is 0 Å². The number of hydrogen-bond donors (Lipinski definition) is 0. The van der Waals surface area contributed by atoms with Gasteiger partial charge in [0.2, 0.25) is 5.91 Å². The van der Waals surface area contributed by atoms with Crippen molar-refractivity contribution >= 4 is 11.6 Å². The number of nitrogens with zero attached hydrogens (tertiary/aromatic N) is 2. The van der Waals surface area contributed by atoms with Crippen LogP contribution >= 0.6 is 0 Å². The number of benzene rings is 2. The monoisotopic (exact) mass is 402 g/mol. The van der Waals surface area contributed by atoms with Crippen LogP contribution in [0.1, 0.15) is 29.5 Å². The van der Waals surface area contributed by atoms with Gasteiger partial charge in [-0.3, -0.25) is 4.79 Å². The summed E-state index contributed by atoms with van der Waals surface area (Å²) in [5, 5.41) is 6.77. The van der Waals surface area contributed by atoms with Crippen molar-refractivity contribution in [3.8, 4) is 11.5 Å². The van der Waals surface area contributed by atoms with E-state index in [0.717, 1.165) is 37.0 Å². The quantitative estimate of drug-likeness (QED) is 0.727. The third-order valence-corrected chi connectivity index (χ3v) is 6.60. The van der Waals surface area contributed by atoms with Gasteiger partial charge in [-0.25, -0.2) is 5.01 Å². The Morgan fingerprint density at radius 2 is 1.57 bits per heavy atom. The number of methoxy groups -OCH3 is 2. The molecule has 0 bridgehead atoms. The maximum absolute atomic E-state index is 13.4. The first-order chi connectivity index (χ1) is 14.7. The Balaban J connectivity index is 1.55. The van der Waals surface area contributed by atoms with Crippen molar-refractivity contribution < 1.29 is 14.3 Å². The summed E-state index contributed by atoms with van der Waals surface area (Å²) in [7, 11) is 3.28. The number of hydrogen-bond acceptors (Lipinski definition) is 4. The van der Waals surface area contributed by atoms with E-state index in [-0.39, 0.29) is 23.8 Å². The molecule has 2 atom stereocenters. The van der Waals surface area contributed by atoms with E-state index in [9.17, 15) is 4.79 Å². The lowest BCUT2D eigenvalue weighted by Gasteiger charge is -2.39. The number of fused-ring (bicyclic) bond motifs is 2. The van der Waals surface area contributed by atoms with E-state index in [2.05, 4.69) is 36.4 Å². The maximum Gasteiger partial charge on any atom is 0.247 e. The molecular formula is C25H26N2O3. The fourth-order valence-corrected chi connectivity index (χ4v) is 5.04. The first-order valence-corrected chi connectivity index (χ1v) is 10.6. The molecule has 0 fully saturated rings. The molecule has 30 heavy (non-hydrogen) atoms. The van der Waals surface area contributed by atoms with Gasteiger partial charge in [-0.1, -0.05) is 36.4 Å². The van der Waals surface area contributed by atoms with Crippen LogP contribution in [0.25, 0.3) is 0 Å². The predicted molar refractivity (Wildman–Crippen MR) is 116 cm³/mol. The van der Waals surface area contributed by atoms with E-state index in [1.54, 1.807) is 19.2 Å². The molecular weight excluding hydrogens is 376 g/mol. The van der Waals surface area contributed by atoms with Crippen LogP contribution in [-0.2, 0) is 17.6 Å². The predicted octanol–water partition coefficient (Wildman–Crippen LogP) is 4.00. The molecule has 0 unspecified atom stereocenters. The molecule has 5 nitrogen and oxygen atoms in total. The maximum atomic E-state index is 13.4. The average molecular weight is 402 g/mol. The van der Waals surface area contributed by atoms with E-state index >= 15 is 0 Å². The van der Waals surface area contributed by atoms with Crippen LogP contribution in [0.4, 0.5) is 0 Å². The van der Waals surface area contributed by atoms with E-state index in [0.29, 0.717) is 11.5 Å². The lowest BCUT2D eigenvalue weighted by atomic mass is 9.76. The summed E-state index contributed by atoms with van der Waals surface area (Å²) in [6.07, 6.45) is 7.63.